The number of aliphatic hydroxyl groups excluding tert-OH is 1. The first-order chi connectivity index (χ1) is 24.6. The number of hydrogen-bond acceptors (Lipinski definition) is 5. The molecule has 298 valence electrons. The minimum atomic E-state index is -0.761. The lowest BCUT2D eigenvalue weighted by Crippen LogP contribution is -2.28. The monoisotopic (exact) mass is 709 g/mol. The molecule has 1 N–H and O–H groups in total. The van der Waals surface area contributed by atoms with E-state index in [0.29, 0.717) is 12.8 Å². The lowest BCUT2D eigenvalue weighted by atomic mass is 10.0. The first-order valence-electron chi connectivity index (χ1n) is 22.6. The van der Waals surface area contributed by atoms with Crippen molar-refractivity contribution in [3.63, 3.8) is 0 Å². The molecular formula is C45H88O5. The minimum absolute atomic E-state index is 0.0572. The normalized spacial score (nSPS) is 12.0. The van der Waals surface area contributed by atoms with Crippen LogP contribution in [0.15, 0.2) is 0 Å². The molecule has 1 atom stereocenters. The van der Waals surface area contributed by atoms with E-state index in [2.05, 4.69) is 13.8 Å². The lowest BCUT2D eigenvalue weighted by molar-refractivity contribution is -0.161. The van der Waals surface area contributed by atoms with Gasteiger partial charge < -0.3 is 14.6 Å². The topological polar surface area (TPSA) is 72.8 Å². The summed E-state index contributed by atoms with van der Waals surface area (Å²) in [6.07, 6.45) is 47.7. The van der Waals surface area contributed by atoms with E-state index in [9.17, 15) is 14.7 Å². The number of unbranched alkanes of at least 4 members (excludes halogenated alkanes) is 34. The van der Waals surface area contributed by atoms with Crippen molar-refractivity contribution in [3.8, 4) is 0 Å². The molecular weight excluding hydrogens is 620 g/mol. The Labute approximate surface area is 312 Å². The Morgan fingerprint density at radius 2 is 0.620 bits per heavy atom. The maximum Gasteiger partial charge on any atom is 0.306 e. The fourth-order valence-electron chi connectivity index (χ4n) is 6.97. The van der Waals surface area contributed by atoms with Gasteiger partial charge in [-0.05, 0) is 12.8 Å². The molecule has 0 radical (unpaired) electrons. The van der Waals surface area contributed by atoms with Crippen LogP contribution >= 0.6 is 0 Å². The summed E-state index contributed by atoms with van der Waals surface area (Å²) in [6, 6.07) is 0. The van der Waals surface area contributed by atoms with Gasteiger partial charge in [0.25, 0.3) is 0 Å². The molecule has 0 heterocycles. The van der Waals surface area contributed by atoms with Crippen molar-refractivity contribution in [2.45, 2.75) is 264 Å². The molecule has 0 aliphatic rings. The summed E-state index contributed by atoms with van der Waals surface area (Å²) < 4.78 is 10.6. The van der Waals surface area contributed by atoms with Crippen molar-refractivity contribution in [3.05, 3.63) is 0 Å². The van der Waals surface area contributed by atoms with Crippen LogP contribution in [0.5, 0.6) is 0 Å². The third kappa shape index (κ3) is 39.7. The van der Waals surface area contributed by atoms with Crippen LogP contribution < -0.4 is 0 Å². The van der Waals surface area contributed by atoms with Gasteiger partial charge in [0.1, 0.15) is 6.61 Å². The Balaban J connectivity index is 3.39. The summed E-state index contributed by atoms with van der Waals surface area (Å²) in [6.45, 7) is 4.16. The molecule has 0 fully saturated rings. The van der Waals surface area contributed by atoms with Crippen LogP contribution in [0.2, 0.25) is 0 Å². The zero-order valence-corrected chi connectivity index (χ0v) is 33.9. The second-order valence-electron chi connectivity index (χ2n) is 15.5. The Morgan fingerprint density at radius 3 is 0.880 bits per heavy atom. The molecule has 0 spiro atoms. The highest BCUT2D eigenvalue weighted by Crippen LogP contribution is 2.17. The second-order valence-corrected chi connectivity index (χ2v) is 15.5. The highest BCUT2D eigenvalue weighted by molar-refractivity contribution is 5.70. The van der Waals surface area contributed by atoms with Crippen LogP contribution in [-0.2, 0) is 19.1 Å². The van der Waals surface area contributed by atoms with E-state index in [4.69, 9.17) is 9.47 Å². The van der Waals surface area contributed by atoms with Gasteiger partial charge in [-0.15, -0.1) is 0 Å². The molecule has 0 bridgehead atoms. The molecule has 0 amide bonds. The predicted molar refractivity (Wildman–Crippen MR) is 215 cm³/mol. The Kier molecular flexibility index (Phi) is 41.4. The smallest absolute Gasteiger partial charge is 0.306 e. The third-order valence-electron chi connectivity index (χ3n) is 10.4. The summed E-state index contributed by atoms with van der Waals surface area (Å²) in [4.78, 5) is 24.2. The van der Waals surface area contributed by atoms with Crippen LogP contribution in [0.4, 0.5) is 0 Å². The van der Waals surface area contributed by atoms with Crippen LogP contribution in [0.25, 0.3) is 0 Å². The zero-order chi connectivity index (χ0) is 36.4. The molecule has 50 heavy (non-hydrogen) atoms. The minimum Gasteiger partial charge on any atom is -0.462 e. The van der Waals surface area contributed by atoms with Gasteiger partial charge in [-0.25, -0.2) is 0 Å². The number of hydrogen-bond donors (Lipinski definition) is 1. The number of aliphatic hydroxyl groups is 1. The summed E-state index contributed by atoms with van der Waals surface area (Å²) in [5, 5.41) is 9.55. The second kappa shape index (κ2) is 42.3. The molecule has 0 rings (SSSR count). The average molecular weight is 709 g/mol. The standard InChI is InChI=1S/C45H88O5/c1-3-5-7-9-11-13-15-16-17-18-19-20-21-22-23-24-25-26-27-28-29-30-32-34-36-38-40-45(48)50-43(41-46)42-49-44(47)39-37-35-33-31-14-12-10-8-6-4-2/h43,46H,3-42H2,1-2H3. The molecule has 0 aliphatic carbocycles. The summed E-state index contributed by atoms with van der Waals surface area (Å²) in [5.74, 6) is -0.575. The van der Waals surface area contributed by atoms with E-state index < -0.39 is 6.10 Å². The maximum absolute atomic E-state index is 12.2. The zero-order valence-electron chi connectivity index (χ0n) is 33.9. The molecule has 5 heteroatoms. The van der Waals surface area contributed by atoms with Gasteiger partial charge in [0.2, 0.25) is 0 Å². The SMILES string of the molecule is CCCCCCCCCCCCCCCCCCCCCCCCCCCCC(=O)OC(CO)COC(=O)CCCCCCCCCCCC. The van der Waals surface area contributed by atoms with Gasteiger partial charge in [0.15, 0.2) is 6.10 Å². The number of rotatable bonds is 42. The summed E-state index contributed by atoms with van der Waals surface area (Å²) in [5.41, 5.74) is 0. The van der Waals surface area contributed by atoms with E-state index >= 15 is 0 Å². The molecule has 0 aromatic heterocycles. The van der Waals surface area contributed by atoms with E-state index in [1.54, 1.807) is 0 Å². The van der Waals surface area contributed by atoms with Gasteiger partial charge in [-0.3, -0.25) is 9.59 Å². The van der Waals surface area contributed by atoms with Crippen molar-refractivity contribution in [1.29, 1.82) is 0 Å². The van der Waals surface area contributed by atoms with Crippen molar-refractivity contribution < 1.29 is 24.2 Å². The summed E-state index contributed by atoms with van der Waals surface area (Å²) in [7, 11) is 0. The number of ether oxygens (including phenoxy) is 2. The predicted octanol–water partition coefficient (Wildman–Crippen LogP) is 14.3. The number of carbonyl (C=O) groups is 2. The lowest BCUT2D eigenvalue weighted by Gasteiger charge is -2.15. The molecule has 1 unspecified atom stereocenters. The van der Waals surface area contributed by atoms with Gasteiger partial charge >= 0.3 is 11.9 Å². The van der Waals surface area contributed by atoms with E-state index in [0.717, 1.165) is 38.5 Å². The van der Waals surface area contributed by atoms with Crippen molar-refractivity contribution in [2.75, 3.05) is 13.2 Å². The fraction of sp³-hybridized carbons (Fsp3) is 0.956. The van der Waals surface area contributed by atoms with Crippen LogP contribution in [0.3, 0.4) is 0 Å². The Hall–Kier alpha value is -1.10. The highest BCUT2D eigenvalue weighted by atomic mass is 16.6. The molecule has 0 saturated carbocycles. The third-order valence-corrected chi connectivity index (χ3v) is 10.4. The van der Waals surface area contributed by atoms with E-state index in [1.165, 1.54) is 193 Å². The molecule has 0 saturated heterocycles. The molecule has 5 nitrogen and oxygen atoms in total. The highest BCUT2D eigenvalue weighted by Gasteiger charge is 2.16. The number of carbonyl (C=O) groups excluding carboxylic acids is 2. The molecule has 0 aromatic rings. The van der Waals surface area contributed by atoms with Crippen LogP contribution in [0.1, 0.15) is 258 Å². The van der Waals surface area contributed by atoms with Gasteiger partial charge in [0, 0.05) is 12.8 Å². The van der Waals surface area contributed by atoms with Crippen LogP contribution in [0, 0.1) is 0 Å². The average Bonchev–Trinajstić information content (AvgIpc) is 3.12. The quantitative estimate of drug-likeness (QED) is 0.0505. The fourth-order valence-corrected chi connectivity index (χ4v) is 6.97. The van der Waals surface area contributed by atoms with Crippen LogP contribution in [-0.4, -0.2) is 36.4 Å². The van der Waals surface area contributed by atoms with Gasteiger partial charge in [-0.1, -0.05) is 232 Å². The van der Waals surface area contributed by atoms with Gasteiger partial charge in [-0.2, -0.15) is 0 Å². The number of esters is 2. The first-order valence-corrected chi connectivity index (χ1v) is 22.6. The Bertz CT molecular complexity index is 680. The first kappa shape index (κ1) is 48.9. The van der Waals surface area contributed by atoms with Crippen molar-refractivity contribution in [1.82, 2.24) is 0 Å². The van der Waals surface area contributed by atoms with E-state index in [-0.39, 0.29) is 25.2 Å². The maximum atomic E-state index is 12.2. The van der Waals surface area contributed by atoms with Crippen molar-refractivity contribution >= 4 is 11.9 Å². The van der Waals surface area contributed by atoms with Crippen molar-refractivity contribution in [2.24, 2.45) is 0 Å². The molecule has 0 aliphatic heterocycles. The largest absolute Gasteiger partial charge is 0.462 e. The summed E-state index contributed by atoms with van der Waals surface area (Å²) >= 11 is 0. The Morgan fingerprint density at radius 1 is 0.380 bits per heavy atom. The molecule has 0 aromatic carbocycles. The van der Waals surface area contributed by atoms with E-state index in [1.807, 2.05) is 0 Å². The van der Waals surface area contributed by atoms with Gasteiger partial charge in [0.05, 0.1) is 6.61 Å².